The summed E-state index contributed by atoms with van der Waals surface area (Å²) >= 11 is 8.10. The van der Waals surface area contributed by atoms with Gasteiger partial charge in [0.15, 0.2) is 0 Å². The lowest BCUT2D eigenvalue weighted by molar-refractivity contribution is 0.471. The highest BCUT2D eigenvalue weighted by Crippen LogP contribution is 2.29. The van der Waals surface area contributed by atoms with E-state index in [0.717, 1.165) is 26.0 Å². The second-order valence-corrected chi connectivity index (χ2v) is 5.89. The molecule has 1 N–H and O–H groups in total. The molecule has 0 radical (unpaired) electrons. The smallest absolute Gasteiger partial charge is 0.140 e. The molecule has 0 amide bonds. The van der Waals surface area contributed by atoms with Gasteiger partial charge >= 0.3 is 0 Å². The highest BCUT2D eigenvalue weighted by atomic mass is 127. The van der Waals surface area contributed by atoms with Crippen LogP contribution in [-0.4, -0.2) is 14.7 Å². The molecule has 0 unspecified atom stereocenters. The number of phenols is 1. The minimum absolute atomic E-state index is 0.267. The Morgan fingerprint density at radius 2 is 2.00 bits per heavy atom. The molecule has 0 fully saturated rings. The van der Waals surface area contributed by atoms with E-state index in [-0.39, 0.29) is 5.75 Å². The Morgan fingerprint density at radius 3 is 2.74 bits per heavy atom. The van der Waals surface area contributed by atoms with Gasteiger partial charge in [0, 0.05) is 17.6 Å². The second-order valence-electron chi connectivity index (χ2n) is 4.29. The molecule has 3 rings (SSSR count). The molecule has 96 valence electrons. The maximum Gasteiger partial charge on any atom is 0.140 e. The number of rotatable bonds is 1. The predicted octanol–water partition coefficient (Wildman–Crippen LogP) is 4.20. The van der Waals surface area contributed by atoms with Crippen LogP contribution in [0.4, 0.5) is 0 Å². The van der Waals surface area contributed by atoms with Crippen molar-refractivity contribution in [3.05, 3.63) is 45.0 Å². The van der Waals surface area contributed by atoms with Crippen LogP contribution in [0.15, 0.2) is 36.4 Å². The van der Waals surface area contributed by atoms with Crippen LogP contribution in [0.1, 0.15) is 0 Å². The van der Waals surface area contributed by atoms with Crippen LogP contribution in [0.3, 0.4) is 0 Å². The lowest BCUT2D eigenvalue weighted by Crippen LogP contribution is -1.92. The molecule has 19 heavy (non-hydrogen) atoms. The molecule has 0 spiro atoms. The molecule has 0 saturated heterocycles. The quantitative estimate of drug-likeness (QED) is 0.639. The molecule has 3 aromatic rings. The molecule has 0 saturated carbocycles. The Balaban J connectivity index is 2.24. The van der Waals surface area contributed by atoms with Crippen molar-refractivity contribution in [2.24, 2.45) is 7.05 Å². The van der Waals surface area contributed by atoms with Crippen LogP contribution in [-0.2, 0) is 7.05 Å². The third-order valence-electron chi connectivity index (χ3n) is 3.05. The number of hydrogen-bond donors (Lipinski definition) is 1. The monoisotopic (exact) mass is 384 g/mol. The number of fused-ring (bicyclic) bond motifs is 1. The van der Waals surface area contributed by atoms with E-state index in [9.17, 15) is 5.11 Å². The first-order valence-electron chi connectivity index (χ1n) is 5.67. The van der Waals surface area contributed by atoms with Gasteiger partial charge in [0.1, 0.15) is 11.6 Å². The van der Waals surface area contributed by atoms with E-state index in [1.165, 1.54) is 0 Å². The zero-order valence-electron chi connectivity index (χ0n) is 10.1. The van der Waals surface area contributed by atoms with Crippen molar-refractivity contribution >= 4 is 45.2 Å². The predicted molar refractivity (Wildman–Crippen MR) is 85.5 cm³/mol. The van der Waals surface area contributed by atoms with Gasteiger partial charge in [-0.3, -0.25) is 0 Å². The first kappa shape index (κ1) is 12.7. The van der Waals surface area contributed by atoms with E-state index in [1.54, 1.807) is 6.07 Å². The first-order valence-corrected chi connectivity index (χ1v) is 7.13. The summed E-state index contributed by atoms with van der Waals surface area (Å²) in [6.45, 7) is 0. The van der Waals surface area contributed by atoms with Crippen LogP contribution in [0.5, 0.6) is 5.75 Å². The van der Waals surface area contributed by atoms with Gasteiger partial charge < -0.3 is 9.67 Å². The molecule has 0 bridgehead atoms. The topological polar surface area (TPSA) is 38.0 Å². The fourth-order valence-corrected chi connectivity index (χ4v) is 2.57. The highest BCUT2D eigenvalue weighted by Gasteiger charge is 2.11. The first-order chi connectivity index (χ1) is 9.06. The van der Waals surface area contributed by atoms with Crippen molar-refractivity contribution in [2.45, 2.75) is 0 Å². The number of aromatic nitrogens is 2. The van der Waals surface area contributed by atoms with Crippen LogP contribution < -0.4 is 0 Å². The minimum atomic E-state index is 0.267. The molecule has 0 atom stereocenters. The van der Waals surface area contributed by atoms with Crippen molar-refractivity contribution in [1.82, 2.24) is 9.55 Å². The maximum atomic E-state index is 9.81. The van der Waals surface area contributed by atoms with E-state index in [0.29, 0.717) is 5.02 Å². The van der Waals surface area contributed by atoms with Gasteiger partial charge in [-0.15, -0.1) is 0 Å². The number of phenolic OH excluding ortho intramolecular Hbond substituents is 1. The summed E-state index contributed by atoms with van der Waals surface area (Å²) < 4.78 is 2.80. The Kier molecular flexibility index (Phi) is 3.14. The molecule has 0 aliphatic heterocycles. The number of nitrogens with zero attached hydrogens (tertiary/aromatic N) is 2. The van der Waals surface area contributed by atoms with Crippen molar-refractivity contribution in [1.29, 1.82) is 0 Å². The Labute approximate surface area is 129 Å². The van der Waals surface area contributed by atoms with Gasteiger partial charge in [0.25, 0.3) is 0 Å². The molecule has 1 heterocycles. The van der Waals surface area contributed by atoms with Crippen LogP contribution in [0.2, 0.25) is 5.02 Å². The van der Waals surface area contributed by atoms with Crippen molar-refractivity contribution in [3.8, 4) is 17.1 Å². The molecule has 3 nitrogen and oxygen atoms in total. The summed E-state index contributed by atoms with van der Waals surface area (Å²) in [7, 11) is 1.94. The lowest BCUT2D eigenvalue weighted by Gasteiger charge is -2.04. The third-order valence-corrected chi connectivity index (χ3v) is 4.19. The molecular formula is C14H10ClIN2O. The van der Waals surface area contributed by atoms with Crippen LogP contribution in [0, 0.1) is 3.57 Å². The number of imidazole rings is 1. The zero-order chi connectivity index (χ0) is 13.6. The second kappa shape index (κ2) is 4.68. The van der Waals surface area contributed by atoms with Crippen LogP contribution >= 0.6 is 34.2 Å². The third kappa shape index (κ3) is 2.19. The average molecular weight is 385 g/mol. The summed E-state index contributed by atoms with van der Waals surface area (Å²) in [5.41, 5.74) is 2.74. The Hall–Kier alpha value is -1.27. The number of benzene rings is 2. The van der Waals surface area contributed by atoms with Gasteiger partial charge in [-0.05, 0) is 59.0 Å². The highest BCUT2D eigenvalue weighted by molar-refractivity contribution is 14.1. The summed E-state index contributed by atoms with van der Waals surface area (Å²) in [6.07, 6.45) is 0. The zero-order valence-corrected chi connectivity index (χ0v) is 13.0. The molecule has 2 aromatic carbocycles. The molecule has 0 aliphatic carbocycles. The van der Waals surface area contributed by atoms with Crippen LogP contribution in [0.25, 0.3) is 22.4 Å². The number of hydrogen-bond acceptors (Lipinski definition) is 2. The van der Waals surface area contributed by atoms with E-state index in [1.807, 2.05) is 41.9 Å². The van der Waals surface area contributed by atoms with Crippen molar-refractivity contribution in [3.63, 3.8) is 0 Å². The van der Waals surface area contributed by atoms with Gasteiger partial charge in [-0.1, -0.05) is 11.6 Å². The van der Waals surface area contributed by atoms with Crippen molar-refractivity contribution < 1.29 is 5.11 Å². The van der Waals surface area contributed by atoms with E-state index in [2.05, 4.69) is 27.6 Å². The number of aryl methyl sites for hydroxylation is 1. The minimum Gasteiger partial charge on any atom is -0.507 e. The largest absolute Gasteiger partial charge is 0.507 e. The Morgan fingerprint density at radius 1 is 1.21 bits per heavy atom. The fourth-order valence-electron chi connectivity index (χ4n) is 2.07. The van der Waals surface area contributed by atoms with E-state index >= 15 is 0 Å². The van der Waals surface area contributed by atoms with Gasteiger partial charge in [0.05, 0.1) is 14.6 Å². The van der Waals surface area contributed by atoms with E-state index in [4.69, 9.17) is 11.6 Å². The van der Waals surface area contributed by atoms with Gasteiger partial charge in [-0.25, -0.2) is 4.98 Å². The standard InChI is InChI=1S/C14H10ClIN2O/c1-18-12-7-9(15)3-5-11(12)17-14(18)8-2-4-10(16)13(19)6-8/h2-7,19H,1H3. The summed E-state index contributed by atoms with van der Waals surface area (Å²) in [5, 5.41) is 10.5. The van der Waals surface area contributed by atoms with Gasteiger partial charge in [0.2, 0.25) is 0 Å². The molecular weight excluding hydrogens is 375 g/mol. The van der Waals surface area contributed by atoms with Gasteiger partial charge in [-0.2, -0.15) is 0 Å². The molecule has 5 heteroatoms. The molecule has 1 aromatic heterocycles. The normalized spacial score (nSPS) is 11.1. The fraction of sp³-hybridized carbons (Fsp3) is 0.0714. The average Bonchev–Trinajstić information content (AvgIpc) is 2.70. The Bertz CT molecular complexity index is 782. The van der Waals surface area contributed by atoms with Crippen molar-refractivity contribution in [2.75, 3.05) is 0 Å². The number of halogens is 2. The maximum absolute atomic E-state index is 9.81. The molecule has 0 aliphatic rings. The SMILES string of the molecule is Cn1c(-c2ccc(I)c(O)c2)nc2ccc(Cl)cc21. The summed E-state index contributed by atoms with van der Waals surface area (Å²) in [6, 6.07) is 11.2. The summed E-state index contributed by atoms with van der Waals surface area (Å²) in [5.74, 6) is 1.08. The number of aromatic hydroxyl groups is 1. The van der Waals surface area contributed by atoms with E-state index < -0.39 is 0 Å². The summed E-state index contributed by atoms with van der Waals surface area (Å²) in [4.78, 5) is 4.59. The lowest BCUT2D eigenvalue weighted by atomic mass is 10.2.